The number of ketones is 1. The lowest BCUT2D eigenvalue weighted by molar-refractivity contribution is -0.151. The van der Waals surface area contributed by atoms with Crippen molar-refractivity contribution in [1.29, 1.82) is 0 Å². The zero-order chi connectivity index (χ0) is 22.7. The molecule has 0 saturated carbocycles. The van der Waals surface area contributed by atoms with Crippen molar-refractivity contribution in [2.45, 2.75) is 23.9 Å². The highest BCUT2D eigenvalue weighted by Gasteiger charge is 2.41. The van der Waals surface area contributed by atoms with Crippen molar-refractivity contribution in [2.24, 2.45) is 0 Å². The van der Waals surface area contributed by atoms with Crippen LogP contribution in [-0.2, 0) is 32.6 Å². The summed E-state index contributed by atoms with van der Waals surface area (Å²) < 4.78 is 27.8. The lowest BCUT2D eigenvalue weighted by Crippen LogP contribution is -2.50. The number of rotatable bonds is 6. The van der Waals surface area contributed by atoms with Gasteiger partial charge in [-0.05, 0) is 40.8 Å². The summed E-state index contributed by atoms with van der Waals surface area (Å²) in [5.74, 6) is -2.78. The molecule has 1 aliphatic heterocycles. The second kappa shape index (κ2) is 8.90. The first-order valence-electron chi connectivity index (χ1n) is 10.1. The van der Waals surface area contributed by atoms with Crippen molar-refractivity contribution in [3.8, 4) is 0 Å². The van der Waals surface area contributed by atoms with Gasteiger partial charge in [0.2, 0.25) is 10.0 Å². The molecule has 7 heteroatoms. The van der Waals surface area contributed by atoms with Crippen molar-refractivity contribution < 1.29 is 23.1 Å². The fraction of sp³-hybridized carbons (Fsp3) is 0.120. The van der Waals surface area contributed by atoms with E-state index in [4.69, 9.17) is 0 Å². The summed E-state index contributed by atoms with van der Waals surface area (Å²) in [5, 5.41) is 9.25. The van der Waals surface area contributed by atoms with E-state index in [9.17, 15) is 23.1 Å². The van der Waals surface area contributed by atoms with E-state index in [0.717, 1.165) is 26.6 Å². The van der Waals surface area contributed by atoms with Crippen LogP contribution in [0.25, 0.3) is 12.2 Å². The Kier molecular flexibility index (Phi) is 6.03. The molecule has 162 valence electrons. The Morgan fingerprint density at radius 1 is 0.812 bits per heavy atom. The zero-order valence-electron chi connectivity index (χ0n) is 17.1. The first-order chi connectivity index (χ1) is 15.4. The maximum absolute atomic E-state index is 13.4. The van der Waals surface area contributed by atoms with Crippen molar-refractivity contribution in [2.75, 3.05) is 0 Å². The van der Waals surface area contributed by atoms with Crippen LogP contribution in [0, 0.1) is 0 Å². The molecule has 0 radical (unpaired) electrons. The van der Waals surface area contributed by atoms with Gasteiger partial charge in [-0.2, -0.15) is 4.31 Å². The molecule has 0 amide bonds. The summed E-state index contributed by atoms with van der Waals surface area (Å²) >= 11 is 0. The average molecular weight is 448 g/mol. The largest absolute Gasteiger partial charge is 0.475 e. The molecule has 0 fully saturated rings. The first-order valence-corrected chi connectivity index (χ1v) is 11.5. The standard InChI is InChI=1S/C25H21NO5S/c27-24(25(28)29)23-16-20-8-4-5-9-21(20)17-26(23)32(30,31)22-14-12-19(13-15-22)11-10-18-6-2-1-3-7-18/h1-15,23H,16-17H2,(H,28,29)/b11-10+/t23-/m1/s1. The van der Waals surface area contributed by atoms with E-state index in [1.165, 1.54) is 12.1 Å². The van der Waals surface area contributed by atoms with Gasteiger partial charge in [-0.3, -0.25) is 4.79 Å². The molecule has 0 unspecified atom stereocenters. The molecule has 1 N–H and O–H groups in total. The molecule has 0 saturated heterocycles. The highest BCUT2D eigenvalue weighted by atomic mass is 32.2. The monoisotopic (exact) mass is 447 g/mol. The Bertz CT molecular complexity index is 1280. The number of hydrogen-bond acceptors (Lipinski definition) is 4. The Morgan fingerprint density at radius 2 is 1.38 bits per heavy atom. The molecule has 3 aromatic carbocycles. The summed E-state index contributed by atoms with van der Waals surface area (Å²) in [6.45, 7) is -0.0577. The Morgan fingerprint density at radius 3 is 2.00 bits per heavy atom. The maximum atomic E-state index is 13.4. The van der Waals surface area contributed by atoms with Crippen LogP contribution in [0.5, 0.6) is 0 Å². The smallest absolute Gasteiger partial charge is 0.373 e. The fourth-order valence-corrected chi connectivity index (χ4v) is 5.33. The average Bonchev–Trinajstić information content (AvgIpc) is 2.82. The number of carboxylic acids is 1. The molecule has 3 aromatic rings. The quantitative estimate of drug-likeness (QED) is 0.460. The van der Waals surface area contributed by atoms with Crippen LogP contribution >= 0.6 is 0 Å². The van der Waals surface area contributed by atoms with Crippen molar-refractivity contribution in [3.05, 3.63) is 101 Å². The van der Waals surface area contributed by atoms with E-state index in [1.807, 2.05) is 42.5 Å². The van der Waals surface area contributed by atoms with Gasteiger partial charge in [0.05, 0.1) is 10.9 Å². The second-order valence-corrected chi connectivity index (χ2v) is 9.41. The molecule has 1 atom stereocenters. The third kappa shape index (κ3) is 4.39. The van der Waals surface area contributed by atoms with Crippen LogP contribution in [-0.4, -0.2) is 35.6 Å². The summed E-state index contributed by atoms with van der Waals surface area (Å²) in [6, 6.07) is 21.9. The van der Waals surface area contributed by atoms with E-state index in [0.29, 0.717) is 0 Å². The van der Waals surface area contributed by atoms with Gasteiger partial charge in [0.1, 0.15) is 0 Å². The van der Waals surface area contributed by atoms with E-state index >= 15 is 0 Å². The number of Topliss-reactive ketones (excluding diaryl/α,β-unsaturated/α-hetero) is 1. The minimum absolute atomic E-state index is 0.0110. The predicted octanol–water partition coefficient (Wildman–Crippen LogP) is 3.63. The lowest BCUT2D eigenvalue weighted by atomic mass is 9.94. The fourth-order valence-electron chi connectivity index (χ4n) is 3.76. The minimum Gasteiger partial charge on any atom is -0.475 e. The molecular formula is C25H21NO5S. The normalized spacial score (nSPS) is 16.6. The van der Waals surface area contributed by atoms with Gasteiger partial charge in [-0.25, -0.2) is 13.2 Å². The van der Waals surface area contributed by atoms with Crippen LogP contribution in [0.4, 0.5) is 0 Å². The van der Waals surface area contributed by atoms with Crippen LogP contribution in [0.3, 0.4) is 0 Å². The SMILES string of the molecule is O=C(O)C(=O)[C@H]1Cc2ccccc2CN1S(=O)(=O)c1ccc(/C=C/c2ccccc2)cc1. The molecule has 0 bridgehead atoms. The number of carboxylic acid groups (broad SMARTS) is 1. The first kappa shape index (κ1) is 21.7. The van der Waals surface area contributed by atoms with Crippen molar-refractivity contribution in [3.63, 3.8) is 0 Å². The number of sulfonamides is 1. The van der Waals surface area contributed by atoms with Crippen LogP contribution in [0.15, 0.2) is 83.8 Å². The second-order valence-electron chi connectivity index (χ2n) is 7.52. The predicted molar refractivity (Wildman–Crippen MR) is 121 cm³/mol. The van der Waals surface area contributed by atoms with E-state index in [2.05, 4.69) is 0 Å². The van der Waals surface area contributed by atoms with Gasteiger partial charge in [0.15, 0.2) is 0 Å². The summed E-state index contributed by atoms with van der Waals surface area (Å²) in [7, 11) is -4.09. The van der Waals surface area contributed by atoms with E-state index in [1.54, 1.807) is 36.4 Å². The molecular weight excluding hydrogens is 426 g/mol. The highest BCUT2D eigenvalue weighted by molar-refractivity contribution is 7.89. The molecule has 1 heterocycles. The molecule has 6 nitrogen and oxygen atoms in total. The number of carbonyl (C=O) groups is 2. The van der Waals surface area contributed by atoms with Gasteiger partial charge in [-0.1, -0.05) is 78.9 Å². The maximum Gasteiger partial charge on any atom is 0.373 e. The highest BCUT2D eigenvalue weighted by Crippen LogP contribution is 2.30. The van der Waals surface area contributed by atoms with Gasteiger partial charge >= 0.3 is 5.97 Å². The topological polar surface area (TPSA) is 91.8 Å². The Hall–Kier alpha value is -3.55. The summed E-state index contributed by atoms with van der Waals surface area (Å²) in [5.41, 5.74) is 3.37. The number of aliphatic carboxylic acids is 1. The van der Waals surface area contributed by atoms with E-state index in [-0.39, 0.29) is 17.9 Å². The Balaban J connectivity index is 1.64. The number of benzene rings is 3. The third-order valence-corrected chi connectivity index (χ3v) is 7.34. The van der Waals surface area contributed by atoms with Gasteiger partial charge in [-0.15, -0.1) is 0 Å². The molecule has 1 aliphatic rings. The van der Waals surface area contributed by atoms with Crippen LogP contribution in [0.1, 0.15) is 22.3 Å². The number of nitrogens with zero attached hydrogens (tertiary/aromatic N) is 1. The Labute approximate surface area is 186 Å². The van der Waals surface area contributed by atoms with Crippen LogP contribution in [0.2, 0.25) is 0 Å². The molecule has 4 rings (SSSR count). The number of fused-ring (bicyclic) bond motifs is 1. The van der Waals surface area contributed by atoms with Gasteiger partial charge in [0, 0.05) is 6.54 Å². The van der Waals surface area contributed by atoms with E-state index < -0.39 is 27.8 Å². The number of carbonyl (C=O) groups excluding carboxylic acids is 1. The molecule has 0 aromatic heterocycles. The minimum atomic E-state index is -4.09. The van der Waals surface area contributed by atoms with Crippen molar-refractivity contribution in [1.82, 2.24) is 4.31 Å². The van der Waals surface area contributed by atoms with Crippen LogP contribution < -0.4 is 0 Å². The molecule has 0 aliphatic carbocycles. The van der Waals surface area contributed by atoms with Gasteiger partial charge < -0.3 is 5.11 Å². The summed E-state index contributed by atoms with van der Waals surface area (Å²) in [4.78, 5) is 23.7. The third-order valence-electron chi connectivity index (χ3n) is 5.47. The summed E-state index contributed by atoms with van der Waals surface area (Å²) in [6.07, 6.45) is 3.82. The molecule has 0 spiro atoms. The van der Waals surface area contributed by atoms with Crippen molar-refractivity contribution >= 4 is 33.9 Å². The lowest BCUT2D eigenvalue weighted by Gasteiger charge is -2.34. The zero-order valence-corrected chi connectivity index (χ0v) is 17.9. The van der Waals surface area contributed by atoms with Gasteiger partial charge in [0.25, 0.3) is 5.78 Å². The molecule has 32 heavy (non-hydrogen) atoms. The number of hydrogen-bond donors (Lipinski definition) is 1.